The fourth-order valence-corrected chi connectivity index (χ4v) is 1.77. The lowest BCUT2D eigenvalue weighted by molar-refractivity contribution is 0.0236. The fourth-order valence-electron chi connectivity index (χ4n) is 1.77. The molecule has 1 heterocycles. The highest BCUT2D eigenvalue weighted by atomic mass is 127. The zero-order chi connectivity index (χ0) is 12.9. The second kappa shape index (κ2) is 8.16. The Morgan fingerprint density at radius 2 is 1.94 bits per heavy atom. The van der Waals surface area contributed by atoms with Crippen molar-refractivity contribution >= 4 is 29.9 Å². The number of morpholine rings is 1. The largest absolute Gasteiger partial charge is 0.379 e. The average Bonchev–Trinajstić information content (AvgIpc) is 2.29. The van der Waals surface area contributed by atoms with Crippen LogP contribution < -0.4 is 5.73 Å². The summed E-state index contributed by atoms with van der Waals surface area (Å²) in [5.74, 6) is 0.597. The van der Waals surface area contributed by atoms with Gasteiger partial charge in [0.05, 0.1) is 25.9 Å². The molecule has 0 aromatic rings. The molecule has 5 nitrogen and oxygen atoms in total. The molecule has 0 saturated carbocycles. The zero-order valence-corrected chi connectivity index (χ0v) is 14.1. The van der Waals surface area contributed by atoms with E-state index < -0.39 is 0 Å². The van der Waals surface area contributed by atoms with Gasteiger partial charge in [-0.3, -0.25) is 4.99 Å². The molecule has 0 spiro atoms. The van der Waals surface area contributed by atoms with E-state index in [0.29, 0.717) is 12.5 Å². The molecule has 108 valence electrons. The third-order valence-corrected chi connectivity index (χ3v) is 3.00. The Hall–Kier alpha value is -0.0800. The number of guanidine groups is 1. The van der Waals surface area contributed by atoms with Crippen molar-refractivity contribution in [2.24, 2.45) is 16.1 Å². The molecule has 0 amide bonds. The first-order chi connectivity index (χ1) is 7.95. The summed E-state index contributed by atoms with van der Waals surface area (Å²) in [5, 5.41) is 0. The Balaban J connectivity index is 0.00000289. The van der Waals surface area contributed by atoms with Crippen LogP contribution >= 0.6 is 24.0 Å². The molecule has 1 atom stereocenters. The van der Waals surface area contributed by atoms with Crippen LogP contribution in [0.5, 0.6) is 0 Å². The summed E-state index contributed by atoms with van der Waals surface area (Å²) in [7, 11) is 1.72. The molecule has 1 saturated heterocycles. The summed E-state index contributed by atoms with van der Waals surface area (Å²) in [6.07, 6.45) is 0.0853. The minimum Gasteiger partial charge on any atom is -0.379 e. The molecule has 1 aliphatic rings. The number of halogens is 1. The molecule has 1 aliphatic heterocycles. The van der Waals surface area contributed by atoms with Gasteiger partial charge in [0.1, 0.15) is 0 Å². The van der Waals surface area contributed by atoms with E-state index in [4.69, 9.17) is 15.2 Å². The van der Waals surface area contributed by atoms with Gasteiger partial charge in [-0.15, -0.1) is 24.0 Å². The van der Waals surface area contributed by atoms with Crippen LogP contribution in [0.25, 0.3) is 0 Å². The second-order valence-corrected chi connectivity index (χ2v) is 5.39. The molecule has 6 heteroatoms. The van der Waals surface area contributed by atoms with Crippen LogP contribution in [0, 0.1) is 5.41 Å². The van der Waals surface area contributed by atoms with E-state index in [0.717, 1.165) is 26.3 Å². The lowest BCUT2D eigenvalue weighted by atomic mass is 9.89. The Morgan fingerprint density at radius 3 is 2.39 bits per heavy atom. The van der Waals surface area contributed by atoms with Crippen molar-refractivity contribution in [1.29, 1.82) is 0 Å². The van der Waals surface area contributed by atoms with Gasteiger partial charge in [0.25, 0.3) is 0 Å². The molecule has 1 unspecified atom stereocenters. The van der Waals surface area contributed by atoms with E-state index in [2.05, 4.69) is 30.7 Å². The van der Waals surface area contributed by atoms with Gasteiger partial charge in [0, 0.05) is 20.2 Å². The maximum absolute atomic E-state index is 5.96. The van der Waals surface area contributed by atoms with Crippen LogP contribution in [0.2, 0.25) is 0 Å². The Morgan fingerprint density at radius 1 is 1.39 bits per heavy atom. The summed E-state index contributed by atoms with van der Waals surface area (Å²) in [6.45, 7) is 10.1. The van der Waals surface area contributed by atoms with Crippen molar-refractivity contribution in [3.63, 3.8) is 0 Å². The number of rotatable bonds is 3. The first-order valence-electron chi connectivity index (χ1n) is 6.10. The Labute approximate surface area is 127 Å². The number of methoxy groups -OCH3 is 1. The monoisotopic (exact) mass is 371 g/mol. The topological polar surface area (TPSA) is 60.1 Å². The van der Waals surface area contributed by atoms with Crippen LogP contribution in [0.1, 0.15) is 20.8 Å². The van der Waals surface area contributed by atoms with E-state index in [-0.39, 0.29) is 35.5 Å². The summed E-state index contributed by atoms with van der Waals surface area (Å²) in [4.78, 5) is 6.48. The van der Waals surface area contributed by atoms with E-state index in [1.54, 1.807) is 7.11 Å². The van der Waals surface area contributed by atoms with Gasteiger partial charge in [0.15, 0.2) is 5.96 Å². The molecular formula is C12H26IN3O2. The van der Waals surface area contributed by atoms with E-state index in [1.165, 1.54) is 0 Å². The molecule has 0 radical (unpaired) electrons. The molecule has 0 aliphatic carbocycles. The minimum absolute atomic E-state index is 0. The smallest absolute Gasteiger partial charge is 0.191 e. The van der Waals surface area contributed by atoms with Crippen molar-refractivity contribution in [2.75, 3.05) is 40.0 Å². The minimum atomic E-state index is 0. The normalized spacial score (nSPS) is 19.3. The highest BCUT2D eigenvalue weighted by Crippen LogP contribution is 2.21. The number of aliphatic imine (C=N–C) groups is 1. The third-order valence-electron chi connectivity index (χ3n) is 3.00. The maximum Gasteiger partial charge on any atom is 0.191 e. The lowest BCUT2D eigenvalue weighted by Gasteiger charge is -2.30. The van der Waals surface area contributed by atoms with Gasteiger partial charge in [-0.1, -0.05) is 20.8 Å². The number of hydrogen-bond acceptors (Lipinski definition) is 3. The summed E-state index contributed by atoms with van der Waals surface area (Å²) in [6, 6.07) is 0. The van der Waals surface area contributed by atoms with Crippen LogP contribution in [0.4, 0.5) is 0 Å². The zero-order valence-electron chi connectivity index (χ0n) is 11.8. The molecule has 0 bridgehead atoms. The first-order valence-corrected chi connectivity index (χ1v) is 6.10. The first kappa shape index (κ1) is 17.9. The molecule has 1 rings (SSSR count). The predicted molar refractivity (Wildman–Crippen MR) is 84.5 cm³/mol. The van der Waals surface area contributed by atoms with E-state index in [9.17, 15) is 0 Å². The van der Waals surface area contributed by atoms with Gasteiger partial charge >= 0.3 is 0 Å². The Bertz CT molecular complexity index is 261. The van der Waals surface area contributed by atoms with Crippen molar-refractivity contribution in [1.82, 2.24) is 4.90 Å². The number of hydrogen-bond donors (Lipinski definition) is 1. The van der Waals surface area contributed by atoms with E-state index >= 15 is 0 Å². The lowest BCUT2D eigenvalue weighted by Crippen LogP contribution is -2.45. The van der Waals surface area contributed by atoms with Gasteiger partial charge in [-0.2, -0.15) is 0 Å². The molecular weight excluding hydrogens is 345 g/mol. The number of nitrogens with zero attached hydrogens (tertiary/aromatic N) is 2. The molecule has 0 aromatic heterocycles. The van der Waals surface area contributed by atoms with E-state index in [1.807, 2.05) is 0 Å². The molecule has 0 aromatic carbocycles. The van der Waals surface area contributed by atoms with Gasteiger partial charge in [0.2, 0.25) is 0 Å². The highest BCUT2D eigenvalue weighted by Gasteiger charge is 2.24. The van der Waals surface area contributed by atoms with Gasteiger partial charge in [-0.05, 0) is 5.41 Å². The SMILES string of the molecule is COC(CN=C(N)N1CCOCC1)C(C)(C)C.I. The van der Waals surface area contributed by atoms with Crippen LogP contribution in [-0.2, 0) is 9.47 Å². The predicted octanol–water partition coefficient (Wildman–Crippen LogP) is 1.31. The molecule has 1 fully saturated rings. The van der Waals surface area contributed by atoms with Crippen molar-refractivity contribution in [3.05, 3.63) is 0 Å². The van der Waals surface area contributed by atoms with Crippen LogP contribution in [0.3, 0.4) is 0 Å². The van der Waals surface area contributed by atoms with Crippen molar-refractivity contribution in [2.45, 2.75) is 26.9 Å². The van der Waals surface area contributed by atoms with Crippen LogP contribution in [-0.4, -0.2) is 56.9 Å². The summed E-state index contributed by atoms with van der Waals surface area (Å²) in [5.41, 5.74) is 6.03. The fraction of sp³-hybridized carbons (Fsp3) is 0.917. The summed E-state index contributed by atoms with van der Waals surface area (Å²) >= 11 is 0. The maximum atomic E-state index is 5.96. The highest BCUT2D eigenvalue weighted by molar-refractivity contribution is 14.0. The molecule has 18 heavy (non-hydrogen) atoms. The van der Waals surface area contributed by atoms with Gasteiger partial charge < -0.3 is 20.1 Å². The quantitative estimate of drug-likeness (QED) is 0.462. The Kier molecular flexibility index (Phi) is 8.13. The van der Waals surface area contributed by atoms with Gasteiger partial charge in [-0.25, -0.2) is 0 Å². The standard InChI is InChI=1S/C12H25N3O2.HI/c1-12(2,3)10(16-4)9-14-11(13)15-5-7-17-8-6-15;/h10H,5-9H2,1-4H3,(H2,13,14);1H. The number of ether oxygens (including phenoxy) is 2. The van der Waals surface area contributed by atoms with Crippen LogP contribution in [0.15, 0.2) is 4.99 Å². The van der Waals surface area contributed by atoms with Crippen molar-refractivity contribution < 1.29 is 9.47 Å². The van der Waals surface area contributed by atoms with Crippen molar-refractivity contribution in [3.8, 4) is 0 Å². The second-order valence-electron chi connectivity index (χ2n) is 5.39. The molecule has 2 N–H and O–H groups in total. The average molecular weight is 371 g/mol. The number of nitrogens with two attached hydrogens (primary N) is 1. The summed E-state index contributed by atoms with van der Waals surface area (Å²) < 4.78 is 10.7. The third kappa shape index (κ3) is 5.71.